The van der Waals surface area contributed by atoms with Crippen LogP contribution in [0.15, 0.2) is 121 Å². The maximum atomic E-state index is 11.7. The first-order chi connectivity index (χ1) is 18.6. The molecule has 0 saturated carbocycles. The maximum Gasteiger partial charge on any atom is 0.261 e. The van der Waals surface area contributed by atoms with Crippen molar-refractivity contribution in [2.45, 2.75) is 64.5 Å². The van der Waals surface area contributed by atoms with E-state index < -0.39 is 20.0 Å². The van der Waals surface area contributed by atoms with Crippen LogP contribution in [-0.2, 0) is 17.5 Å². The number of hydrogen-bond donors (Lipinski definition) is 1. The van der Waals surface area contributed by atoms with Crippen molar-refractivity contribution in [2.75, 3.05) is 6.54 Å². The van der Waals surface area contributed by atoms with Crippen molar-refractivity contribution in [2.24, 2.45) is 0 Å². The molecule has 0 unspecified atom stereocenters. The largest absolute Gasteiger partial charge is 0.400 e. The summed E-state index contributed by atoms with van der Waals surface area (Å²) in [5.41, 5.74) is 1.43. The lowest BCUT2D eigenvalue weighted by atomic mass is 10.0. The average Bonchev–Trinajstić information content (AvgIpc) is 2.92. The summed E-state index contributed by atoms with van der Waals surface area (Å²) in [5.74, 6) is 0. The molecular weight excluding hydrogens is 494 g/mol. The number of nitrogens with zero attached hydrogens (tertiary/aromatic N) is 1. The van der Waals surface area contributed by atoms with Crippen LogP contribution in [-0.4, -0.2) is 36.6 Å². The summed E-state index contributed by atoms with van der Waals surface area (Å²) in [6.07, 6.45) is -0.420. The zero-order valence-electron chi connectivity index (χ0n) is 24.0. The van der Waals surface area contributed by atoms with Gasteiger partial charge in [0, 0.05) is 19.6 Å². The molecule has 0 bridgehead atoms. The quantitative estimate of drug-likeness (QED) is 0.225. The summed E-state index contributed by atoms with van der Waals surface area (Å²) in [7, 11) is -2.86. The Morgan fingerprint density at radius 3 is 1.31 bits per heavy atom. The molecule has 0 saturated heterocycles. The smallest absolute Gasteiger partial charge is 0.261 e. The highest BCUT2D eigenvalue weighted by atomic mass is 28.4. The fraction of sp³-hybridized carbons (Fsp3) is 0.314. The Kier molecular flexibility index (Phi) is 9.24. The van der Waals surface area contributed by atoms with Crippen LogP contribution >= 0.6 is 0 Å². The Balaban J connectivity index is 1.78. The van der Waals surface area contributed by atoms with Crippen LogP contribution in [0.3, 0.4) is 0 Å². The summed E-state index contributed by atoms with van der Waals surface area (Å²) in [4.78, 5) is 2.41. The summed E-state index contributed by atoms with van der Waals surface area (Å²) < 4.78 is 7.49. The average molecular weight is 538 g/mol. The summed E-state index contributed by atoms with van der Waals surface area (Å²) in [6.45, 7) is 12.8. The lowest BCUT2D eigenvalue weighted by molar-refractivity contribution is -0.0548. The second-order valence-corrected chi connectivity index (χ2v) is 16.3. The predicted molar refractivity (Wildman–Crippen MR) is 166 cm³/mol. The van der Waals surface area contributed by atoms with Gasteiger partial charge in [0.05, 0.1) is 11.7 Å². The lowest BCUT2D eigenvalue weighted by Crippen LogP contribution is -2.70. The highest BCUT2D eigenvalue weighted by Crippen LogP contribution is 2.39. The van der Waals surface area contributed by atoms with Crippen LogP contribution < -0.4 is 10.4 Å². The van der Waals surface area contributed by atoms with Crippen molar-refractivity contribution in [3.05, 3.63) is 132 Å². The Morgan fingerprint density at radius 2 is 0.974 bits per heavy atom. The molecule has 3 nitrogen and oxygen atoms in total. The first-order valence-corrected chi connectivity index (χ1v) is 15.8. The van der Waals surface area contributed by atoms with E-state index in [1.54, 1.807) is 0 Å². The second kappa shape index (κ2) is 12.4. The topological polar surface area (TPSA) is 32.7 Å². The van der Waals surface area contributed by atoms with E-state index in [1.165, 1.54) is 21.5 Å². The van der Waals surface area contributed by atoms with E-state index in [0.717, 1.165) is 13.1 Å². The molecule has 0 fully saturated rings. The zero-order valence-corrected chi connectivity index (χ0v) is 25.0. The molecule has 0 radical (unpaired) electrons. The number of rotatable bonds is 11. The van der Waals surface area contributed by atoms with Gasteiger partial charge in [-0.3, -0.25) is 4.90 Å². The molecule has 0 amide bonds. The van der Waals surface area contributed by atoms with Gasteiger partial charge in [-0.1, -0.05) is 142 Å². The molecule has 204 valence electrons. The van der Waals surface area contributed by atoms with E-state index in [4.69, 9.17) is 4.43 Å². The summed E-state index contributed by atoms with van der Waals surface area (Å²) in [6, 6.07) is 42.5. The molecule has 4 aromatic carbocycles. The fourth-order valence-electron chi connectivity index (χ4n) is 5.41. The minimum absolute atomic E-state index is 0.178. The van der Waals surface area contributed by atoms with Crippen molar-refractivity contribution in [1.82, 2.24) is 4.90 Å². The van der Waals surface area contributed by atoms with E-state index in [2.05, 4.69) is 147 Å². The van der Waals surface area contributed by atoms with Crippen molar-refractivity contribution in [3.8, 4) is 0 Å². The Bertz CT molecular complexity index is 1190. The van der Waals surface area contributed by atoms with Gasteiger partial charge < -0.3 is 9.53 Å². The van der Waals surface area contributed by atoms with Gasteiger partial charge in [0.2, 0.25) is 0 Å². The molecule has 0 aliphatic carbocycles. The second-order valence-electron chi connectivity index (χ2n) is 12.1. The molecule has 39 heavy (non-hydrogen) atoms. The number of aliphatic hydroxyl groups is 1. The predicted octanol–water partition coefficient (Wildman–Crippen LogP) is 6.40. The van der Waals surface area contributed by atoms with E-state index >= 15 is 0 Å². The Labute approximate surface area is 236 Å². The monoisotopic (exact) mass is 537 g/mol. The first-order valence-electron chi connectivity index (χ1n) is 13.9. The molecule has 4 rings (SSSR count). The number of benzene rings is 4. The van der Waals surface area contributed by atoms with Gasteiger partial charge in [0.1, 0.15) is 0 Å². The zero-order chi connectivity index (χ0) is 27.9. The van der Waals surface area contributed by atoms with Crippen LogP contribution in [0.25, 0.3) is 0 Å². The van der Waals surface area contributed by atoms with Gasteiger partial charge in [-0.2, -0.15) is 0 Å². The third-order valence-corrected chi connectivity index (χ3v) is 12.5. The molecule has 4 heteroatoms. The lowest BCUT2D eigenvalue weighted by Gasteiger charge is -2.48. The van der Waals surface area contributed by atoms with E-state index in [1.807, 2.05) is 13.8 Å². The SMILES string of the molecule is CC(C)(O)[C@H](CN(Cc1ccccc1)Cc1ccccc1)O[Si](c1ccccc1)(c1ccccc1)C(C)(C)C. The Hall–Kier alpha value is -3.02. The van der Waals surface area contributed by atoms with Crippen molar-refractivity contribution < 1.29 is 9.53 Å². The summed E-state index contributed by atoms with van der Waals surface area (Å²) >= 11 is 0. The van der Waals surface area contributed by atoms with Crippen LogP contribution in [0.5, 0.6) is 0 Å². The molecule has 0 spiro atoms. The first kappa shape index (κ1) is 29.0. The van der Waals surface area contributed by atoms with Crippen molar-refractivity contribution in [1.29, 1.82) is 0 Å². The van der Waals surface area contributed by atoms with Gasteiger partial charge in [0.25, 0.3) is 8.32 Å². The molecule has 0 aliphatic rings. The van der Waals surface area contributed by atoms with Crippen LogP contribution in [0.4, 0.5) is 0 Å². The molecule has 1 atom stereocenters. The molecular formula is C35H43NO2Si. The standard InChI is InChI=1S/C35H43NO2Si/c1-34(2,3)39(31-22-14-8-15-23-31,32-24-16-9-17-25-32)38-33(35(4,5)37)28-36(26-29-18-10-6-11-19-29)27-30-20-12-7-13-21-30/h6-25,33,37H,26-28H2,1-5H3/t33-/m0/s1. The van der Waals surface area contributed by atoms with E-state index in [0.29, 0.717) is 6.54 Å². The number of hydrogen-bond acceptors (Lipinski definition) is 3. The van der Waals surface area contributed by atoms with Crippen molar-refractivity contribution in [3.63, 3.8) is 0 Å². The van der Waals surface area contributed by atoms with Gasteiger partial charge in [0.15, 0.2) is 0 Å². The third kappa shape index (κ3) is 7.14. The maximum absolute atomic E-state index is 11.7. The van der Waals surface area contributed by atoms with Crippen molar-refractivity contribution >= 4 is 18.7 Å². The van der Waals surface area contributed by atoms with E-state index in [-0.39, 0.29) is 5.04 Å². The fourth-order valence-corrected chi connectivity index (χ4v) is 10.2. The van der Waals surface area contributed by atoms with Gasteiger partial charge >= 0.3 is 0 Å². The van der Waals surface area contributed by atoms with Crippen LogP contribution in [0.2, 0.25) is 5.04 Å². The van der Waals surface area contributed by atoms with Crippen LogP contribution in [0, 0.1) is 0 Å². The van der Waals surface area contributed by atoms with Gasteiger partial charge in [-0.15, -0.1) is 0 Å². The summed E-state index contributed by atoms with van der Waals surface area (Å²) in [5, 5.41) is 13.9. The van der Waals surface area contributed by atoms with Gasteiger partial charge in [-0.25, -0.2) is 0 Å². The minimum atomic E-state index is -2.86. The van der Waals surface area contributed by atoms with E-state index in [9.17, 15) is 5.11 Å². The molecule has 0 aliphatic heterocycles. The molecule has 0 aromatic heterocycles. The minimum Gasteiger partial charge on any atom is -0.400 e. The highest BCUT2D eigenvalue weighted by Gasteiger charge is 2.53. The van der Waals surface area contributed by atoms with Crippen LogP contribution in [0.1, 0.15) is 45.7 Å². The Morgan fingerprint density at radius 1 is 0.615 bits per heavy atom. The molecule has 0 heterocycles. The molecule has 4 aromatic rings. The van der Waals surface area contributed by atoms with Gasteiger partial charge in [-0.05, 0) is 40.4 Å². The highest BCUT2D eigenvalue weighted by molar-refractivity contribution is 6.99. The molecule has 1 N–H and O–H groups in total. The third-order valence-electron chi connectivity index (χ3n) is 7.45. The normalized spacial score (nSPS) is 13.4.